The molecule has 0 bridgehead atoms. The van der Waals surface area contributed by atoms with Crippen LogP contribution in [0.1, 0.15) is 12.8 Å². The second-order valence-electron chi connectivity index (χ2n) is 1.85. The first kappa shape index (κ1) is 12.1. The van der Waals surface area contributed by atoms with Crippen molar-refractivity contribution in [2.45, 2.75) is 18.9 Å². The molecule has 4 heteroatoms. The summed E-state index contributed by atoms with van der Waals surface area (Å²) >= 11 is 0. The van der Waals surface area contributed by atoms with Crippen LogP contribution < -0.4 is 11.5 Å². The van der Waals surface area contributed by atoms with Gasteiger partial charge in [0.05, 0.1) is 0 Å². The maximum absolute atomic E-state index is 8.34. The fourth-order valence-electron chi connectivity index (χ4n) is 0.524. The smallest absolute Gasteiger partial charge is 0.0445 e. The highest BCUT2D eigenvalue weighted by molar-refractivity contribution is 8.93. The van der Waals surface area contributed by atoms with Crippen LogP contribution >= 0.6 is 17.0 Å². The summed E-state index contributed by atoms with van der Waals surface area (Å²) in [6, 6.07) is 0.0880. The Hall–Kier alpha value is 0.360. The molecular weight excluding hydrogens is 184 g/mol. The SMILES string of the molecule is Br.NCCC(N)CCO. The third-order valence-corrected chi connectivity index (χ3v) is 1.04. The van der Waals surface area contributed by atoms with Crippen LogP contribution in [0.3, 0.4) is 0 Å². The molecule has 0 aliphatic heterocycles. The molecule has 0 fully saturated rings. The van der Waals surface area contributed by atoms with Gasteiger partial charge in [0.15, 0.2) is 0 Å². The number of rotatable bonds is 4. The first-order chi connectivity index (χ1) is 3.81. The maximum atomic E-state index is 8.34. The summed E-state index contributed by atoms with van der Waals surface area (Å²) in [6.45, 7) is 0.780. The van der Waals surface area contributed by atoms with Gasteiger partial charge in [-0.05, 0) is 19.4 Å². The lowest BCUT2D eigenvalue weighted by atomic mass is 10.2. The molecule has 5 N–H and O–H groups in total. The van der Waals surface area contributed by atoms with Gasteiger partial charge in [0, 0.05) is 12.6 Å². The number of nitrogens with two attached hydrogens (primary N) is 2. The fraction of sp³-hybridized carbons (Fsp3) is 1.00. The summed E-state index contributed by atoms with van der Waals surface area (Å²) in [5.41, 5.74) is 10.7. The molecule has 3 nitrogen and oxygen atoms in total. The quantitative estimate of drug-likeness (QED) is 0.578. The Morgan fingerprint density at radius 2 is 1.89 bits per heavy atom. The summed E-state index contributed by atoms with van der Waals surface area (Å²) in [4.78, 5) is 0. The van der Waals surface area contributed by atoms with E-state index in [4.69, 9.17) is 16.6 Å². The number of aliphatic hydroxyl groups is 1. The molecule has 1 unspecified atom stereocenters. The summed E-state index contributed by atoms with van der Waals surface area (Å²) in [5.74, 6) is 0. The predicted molar refractivity (Wildman–Crippen MR) is 43.7 cm³/mol. The van der Waals surface area contributed by atoms with Crippen LogP contribution in [0.25, 0.3) is 0 Å². The molecule has 0 aliphatic rings. The van der Waals surface area contributed by atoms with Gasteiger partial charge in [-0.1, -0.05) is 0 Å². The molecule has 0 amide bonds. The van der Waals surface area contributed by atoms with E-state index in [1.54, 1.807) is 0 Å². The second-order valence-corrected chi connectivity index (χ2v) is 1.85. The van der Waals surface area contributed by atoms with Crippen molar-refractivity contribution >= 4 is 17.0 Å². The highest BCUT2D eigenvalue weighted by Gasteiger charge is 1.96. The molecule has 0 spiro atoms. The van der Waals surface area contributed by atoms with Crippen LogP contribution in [-0.2, 0) is 0 Å². The summed E-state index contributed by atoms with van der Waals surface area (Å²) in [5, 5.41) is 8.34. The lowest BCUT2D eigenvalue weighted by Gasteiger charge is -2.05. The van der Waals surface area contributed by atoms with Gasteiger partial charge >= 0.3 is 0 Å². The van der Waals surface area contributed by atoms with E-state index in [1.807, 2.05) is 0 Å². The number of halogens is 1. The second kappa shape index (κ2) is 8.36. The van der Waals surface area contributed by atoms with Crippen molar-refractivity contribution in [3.63, 3.8) is 0 Å². The number of hydrogen-bond acceptors (Lipinski definition) is 3. The average Bonchev–Trinajstić information content (AvgIpc) is 1.68. The molecule has 0 radical (unpaired) electrons. The molecule has 9 heavy (non-hydrogen) atoms. The van der Waals surface area contributed by atoms with Crippen molar-refractivity contribution in [2.24, 2.45) is 11.5 Å². The first-order valence-electron chi connectivity index (χ1n) is 2.87. The lowest BCUT2D eigenvalue weighted by molar-refractivity contribution is 0.273. The third kappa shape index (κ3) is 8.36. The Labute approximate surface area is 66.2 Å². The van der Waals surface area contributed by atoms with Crippen molar-refractivity contribution < 1.29 is 5.11 Å². The van der Waals surface area contributed by atoms with Gasteiger partial charge in [0.2, 0.25) is 0 Å². The molecule has 0 saturated heterocycles. The molecule has 0 aromatic rings. The van der Waals surface area contributed by atoms with Crippen LogP contribution in [0, 0.1) is 0 Å². The molecule has 0 aromatic heterocycles. The summed E-state index contributed by atoms with van der Waals surface area (Å²) < 4.78 is 0. The zero-order valence-electron chi connectivity index (χ0n) is 5.42. The van der Waals surface area contributed by atoms with E-state index in [9.17, 15) is 0 Å². The zero-order chi connectivity index (χ0) is 6.41. The van der Waals surface area contributed by atoms with Crippen molar-refractivity contribution in [3.05, 3.63) is 0 Å². The fourth-order valence-corrected chi connectivity index (χ4v) is 0.524. The van der Waals surface area contributed by atoms with Crippen LogP contribution in [0.15, 0.2) is 0 Å². The molecule has 1 atom stereocenters. The van der Waals surface area contributed by atoms with E-state index >= 15 is 0 Å². The third-order valence-electron chi connectivity index (χ3n) is 1.04. The molecule has 58 valence electrons. The van der Waals surface area contributed by atoms with Crippen LogP contribution in [0.5, 0.6) is 0 Å². The van der Waals surface area contributed by atoms with Gasteiger partial charge < -0.3 is 16.6 Å². The van der Waals surface area contributed by atoms with E-state index in [-0.39, 0.29) is 29.6 Å². The summed E-state index contributed by atoms with van der Waals surface area (Å²) in [7, 11) is 0. The van der Waals surface area contributed by atoms with Gasteiger partial charge in [-0.3, -0.25) is 0 Å². The molecule has 0 aliphatic carbocycles. The molecule has 0 aromatic carbocycles. The minimum absolute atomic E-state index is 0. The van der Waals surface area contributed by atoms with Gasteiger partial charge in [-0.25, -0.2) is 0 Å². The Morgan fingerprint density at radius 3 is 2.22 bits per heavy atom. The zero-order valence-corrected chi connectivity index (χ0v) is 7.13. The Morgan fingerprint density at radius 1 is 1.33 bits per heavy atom. The highest BCUT2D eigenvalue weighted by Crippen LogP contribution is 1.89. The van der Waals surface area contributed by atoms with E-state index < -0.39 is 0 Å². The lowest BCUT2D eigenvalue weighted by Crippen LogP contribution is -2.24. The van der Waals surface area contributed by atoms with Crippen LogP contribution in [0.4, 0.5) is 0 Å². The molecule has 0 saturated carbocycles. The van der Waals surface area contributed by atoms with Gasteiger partial charge in [0.25, 0.3) is 0 Å². The normalized spacial score (nSPS) is 12.3. The standard InChI is InChI=1S/C5H14N2O.BrH/c6-3-1-5(7)2-4-8;/h5,8H,1-4,6-7H2;1H. The molecule has 0 heterocycles. The monoisotopic (exact) mass is 198 g/mol. The minimum Gasteiger partial charge on any atom is -0.396 e. The predicted octanol–water partition coefficient (Wildman–Crippen LogP) is -0.377. The number of aliphatic hydroxyl groups excluding tert-OH is 1. The summed E-state index contributed by atoms with van der Waals surface area (Å²) in [6.07, 6.45) is 1.47. The van der Waals surface area contributed by atoms with Crippen molar-refractivity contribution in [1.82, 2.24) is 0 Å². The number of hydrogen-bond donors (Lipinski definition) is 3. The topological polar surface area (TPSA) is 72.3 Å². The van der Waals surface area contributed by atoms with Gasteiger partial charge in [-0.15, -0.1) is 17.0 Å². The van der Waals surface area contributed by atoms with Crippen molar-refractivity contribution in [2.75, 3.05) is 13.2 Å². The van der Waals surface area contributed by atoms with E-state index in [1.165, 1.54) is 0 Å². The highest BCUT2D eigenvalue weighted by atomic mass is 79.9. The van der Waals surface area contributed by atoms with E-state index in [0.29, 0.717) is 13.0 Å². The molecular formula is C5H15BrN2O. The first-order valence-corrected chi connectivity index (χ1v) is 2.87. The largest absolute Gasteiger partial charge is 0.396 e. The molecule has 0 rings (SSSR count). The maximum Gasteiger partial charge on any atom is 0.0445 e. The van der Waals surface area contributed by atoms with E-state index in [2.05, 4.69) is 0 Å². The van der Waals surface area contributed by atoms with Crippen LogP contribution in [-0.4, -0.2) is 24.3 Å². The van der Waals surface area contributed by atoms with Crippen molar-refractivity contribution in [1.29, 1.82) is 0 Å². The Bertz CT molecular complexity index is 48.2. The van der Waals surface area contributed by atoms with Crippen molar-refractivity contribution in [3.8, 4) is 0 Å². The minimum atomic E-state index is 0. The Balaban J connectivity index is 0. The van der Waals surface area contributed by atoms with Gasteiger partial charge in [0.1, 0.15) is 0 Å². The van der Waals surface area contributed by atoms with Crippen LogP contribution in [0.2, 0.25) is 0 Å². The average molecular weight is 199 g/mol. The van der Waals surface area contributed by atoms with E-state index in [0.717, 1.165) is 6.42 Å². The Kier molecular flexibility index (Phi) is 11.2. The van der Waals surface area contributed by atoms with Gasteiger partial charge in [-0.2, -0.15) is 0 Å².